The Hall–Kier alpha value is -0.440. The summed E-state index contributed by atoms with van der Waals surface area (Å²) >= 11 is 11.8. The number of fused-ring (bicyclic) bond motifs is 1. The number of aliphatic hydroxyl groups excluding tert-OH is 1. The molecule has 1 heterocycles. The Balaban J connectivity index is 2.53. The van der Waals surface area contributed by atoms with E-state index in [0.29, 0.717) is 34.4 Å². The van der Waals surface area contributed by atoms with Gasteiger partial charge in [0, 0.05) is 10.6 Å². The van der Waals surface area contributed by atoms with Gasteiger partial charge in [-0.2, -0.15) is 0 Å². The van der Waals surface area contributed by atoms with E-state index in [9.17, 15) is 5.11 Å². The molecule has 1 atom stereocenters. The monoisotopic (exact) mass is 232 g/mol. The van der Waals surface area contributed by atoms with Crippen molar-refractivity contribution in [1.29, 1.82) is 0 Å². The molecule has 0 saturated carbocycles. The Morgan fingerprint density at radius 1 is 1.36 bits per heavy atom. The van der Waals surface area contributed by atoms with Crippen molar-refractivity contribution in [3.05, 3.63) is 27.7 Å². The Kier molecular flexibility index (Phi) is 2.86. The molecular formula is C10H10Cl2O2. The maximum atomic E-state index is 9.81. The molecule has 0 bridgehead atoms. The first-order valence-electron chi connectivity index (χ1n) is 4.48. The molecule has 0 spiro atoms. The smallest absolute Gasteiger partial charge is 0.128 e. The van der Waals surface area contributed by atoms with Crippen molar-refractivity contribution in [2.24, 2.45) is 0 Å². The SMILES string of the molecule is OC1CCCOc2cc(Cl)cc(Cl)c21. The molecule has 0 amide bonds. The number of hydrogen-bond donors (Lipinski definition) is 1. The van der Waals surface area contributed by atoms with Crippen molar-refractivity contribution in [2.45, 2.75) is 18.9 Å². The summed E-state index contributed by atoms with van der Waals surface area (Å²) in [6.07, 6.45) is 0.954. The first kappa shape index (κ1) is 10.1. The van der Waals surface area contributed by atoms with E-state index in [1.165, 1.54) is 0 Å². The molecule has 76 valence electrons. The van der Waals surface area contributed by atoms with E-state index < -0.39 is 6.10 Å². The van der Waals surface area contributed by atoms with Gasteiger partial charge in [0.25, 0.3) is 0 Å². The fourth-order valence-electron chi connectivity index (χ4n) is 1.61. The zero-order valence-corrected chi connectivity index (χ0v) is 8.98. The van der Waals surface area contributed by atoms with Crippen LogP contribution < -0.4 is 4.74 Å². The van der Waals surface area contributed by atoms with E-state index >= 15 is 0 Å². The summed E-state index contributed by atoms with van der Waals surface area (Å²) in [4.78, 5) is 0. The summed E-state index contributed by atoms with van der Waals surface area (Å²) in [5, 5.41) is 10.8. The minimum atomic E-state index is -0.544. The number of hydrogen-bond acceptors (Lipinski definition) is 2. The molecule has 1 aliphatic heterocycles. The van der Waals surface area contributed by atoms with E-state index in [1.54, 1.807) is 12.1 Å². The first-order valence-corrected chi connectivity index (χ1v) is 5.24. The third-order valence-corrected chi connectivity index (χ3v) is 2.80. The minimum absolute atomic E-state index is 0.474. The van der Waals surface area contributed by atoms with E-state index in [2.05, 4.69) is 0 Å². The van der Waals surface area contributed by atoms with Crippen LogP contribution >= 0.6 is 23.2 Å². The minimum Gasteiger partial charge on any atom is -0.493 e. The second kappa shape index (κ2) is 3.97. The molecule has 0 radical (unpaired) electrons. The van der Waals surface area contributed by atoms with Crippen molar-refractivity contribution in [3.63, 3.8) is 0 Å². The summed E-state index contributed by atoms with van der Waals surface area (Å²) in [5.74, 6) is 0.604. The highest BCUT2D eigenvalue weighted by atomic mass is 35.5. The average Bonchev–Trinajstić information content (AvgIpc) is 2.27. The first-order chi connectivity index (χ1) is 6.68. The lowest BCUT2D eigenvalue weighted by Crippen LogP contribution is -1.97. The largest absolute Gasteiger partial charge is 0.493 e. The predicted octanol–water partition coefficient (Wildman–Crippen LogP) is 3.20. The van der Waals surface area contributed by atoms with Gasteiger partial charge in [0.15, 0.2) is 0 Å². The molecule has 1 unspecified atom stereocenters. The van der Waals surface area contributed by atoms with Crippen molar-refractivity contribution in [3.8, 4) is 5.75 Å². The summed E-state index contributed by atoms with van der Waals surface area (Å²) in [5.41, 5.74) is 0.661. The Labute approximate surface area is 92.4 Å². The third kappa shape index (κ3) is 1.83. The molecule has 1 aromatic rings. The number of ether oxygens (including phenoxy) is 1. The molecule has 4 heteroatoms. The van der Waals surface area contributed by atoms with Crippen LogP contribution in [0.3, 0.4) is 0 Å². The lowest BCUT2D eigenvalue weighted by molar-refractivity contribution is 0.167. The summed E-state index contributed by atoms with van der Waals surface area (Å²) in [7, 11) is 0. The van der Waals surface area contributed by atoms with Gasteiger partial charge in [-0.25, -0.2) is 0 Å². The highest BCUT2D eigenvalue weighted by Crippen LogP contribution is 2.38. The average molecular weight is 233 g/mol. The Morgan fingerprint density at radius 2 is 2.14 bits per heavy atom. The van der Waals surface area contributed by atoms with E-state index in [4.69, 9.17) is 27.9 Å². The van der Waals surface area contributed by atoms with Crippen LogP contribution in [0.5, 0.6) is 5.75 Å². The molecule has 1 aromatic carbocycles. The molecule has 1 aliphatic rings. The van der Waals surface area contributed by atoms with Gasteiger partial charge in [-0.3, -0.25) is 0 Å². The van der Waals surface area contributed by atoms with E-state index in [-0.39, 0.29) is 0 Å². The topological polar surface area (TPSA) is 29.5 Å². The van der Waals surface area contributed by atoms with Gasteiger partial charge in [0.05, 0.1) is 17.7 Å². The molecule has 1 N–H and O–H groups in total. The van der Waals surface area contributed by atoms with Crippen LogP contribution in [0.15, 0.2) is 12.1 Å². The van der Waals surface area contributed by atoms with Gasteiger partial charge in [0.2, 0.25) is 0 Å². The van der Waals surface area contributed by atoms with Crippen LogP contribution in [0.2, 0.25) is 10.0 Å². The van der Waals surface area contributed by atoms with E-state index in [1.807, 2.05) is 0 Å². The second-order valence-corrected chi connectivity index (χ2v) is 4.15. The number of halogens is 2. The van der Waals surface area contributed by atoms with Crippen LogP contribution in [0.4, 0.5) is 0 Å². The highest BCUT2D eigenvalue weighted by Gasteiger charge is 2.21. The Bertz CT molecular complexity index is 352. The van der Waals surface area contributed by atoms with Crippen LogP contribution in [-0.4, -0.2) is 11.7 Å². The highest BCUT2D eigenvalue weighted by molar-refractivity contribution is 6.35. The van der Waals surface area contributed by atoms with Gasteiger partial charge in [-0.05, 0) is 25.0 Å². The van der Waals surface area contributed by atoms with Gasteiger partial charge >= 0.3 is 0 Å². The van der Waals surface area contributed by atoms with Crippen molar-refractivity contribution >= 4 is 23.2 Å². The molecular weight excluding hydrogens is 223 g/mol. The van der Waals surface area contributed by atoms with Gasteiger partial charge in [-0.15, -0.1) is 0 Å². The number of rotatable bonds is 0. The zero-order chi connectivity index (χ0) is 10.1. The fraction of sp³-hybridized carbons (Fsp3) is 0.400. The van der Waals surface area contributed by atoms with Gasteiger partial charge < -0.3 is 9.84 Å². The van der Waals surface area contributed by atoms with Gasteiger partial charge in [-0.1, -0.05) is 23.2 Å². The number of aliphatic hydroxyl groups is 1. The van der Waals surface area contributed by atoms with Crippen molar-refractivity contribution in [1.82, 2.24) is 0 Å². The standard InChI is InChI=1S/C10H10Cl2O2/c11-6-4-7(12)10-8(13)2-1-3-14-9(10)5-6/h4-5,8,13H,1-3H2. The Morgan fingerprint density at radius 3 is 2.93 bits per heavy atom. The summed E-state index contributed by atoms with van der Waals surface area (Å²) < 4.78 is 5.45. The van der Waals surface area contributed by atoms with Crippen LogP contribution in [0, 0.1) is 0 Å². The zero-order valence-electron chi connectivity index (χ0n) is 7.46. The normalized spacial score (nSPS) is 20.9. The van der Waals surface area contributed by atoms with Gasteiger partial charge in [0.1, 0.15) is 5.75 Å². The number of benzene rings is 1. The molecule has 14 heavy (non-hydrogen) atoms. The lowest BCUT2D eigenvalue weighted by atomic mass is 10.1. The second-order valence-electron chi connectivity index (χ2n) is 3.31. The lowest BCUT2D eigenvalue weighted by Gasteiger charge is -2.12. The maximum Gasteiger partial charge on any atom is 0.128 e. The molecule has 0 fully saturated rings. The third-order valence-electron chi connectivity index (χ3n) is 2.27. The molecule has 2 nitrogen and oxygen atoms in total. The quantitative estimate of drug-likeness (QED) is 0.745. The molecule has 0 saturated heterocycles. The van der Waals surface area contributed by atoms with Crippen LogP contribution in [0.25, 0.3) is 0 Å². The summed E-state index contributed by atoms with van der Waals surface area (Å²) in [6.45, 7) is 0.598. The molecule has 0 aliphatic carbocycles. The van der Waals surface area contributed by atoms with Crippen LogP contribution in [-0.2, 0) is 0 Å². The van der Waals surface area contributed by atoms with Crippen molar-refractivity contribution in [2.75, 3.05) is 6.61 Å². The fourth-order valence-corrected chi connectivity index (χ4v) is 2.21. The van der Waals surface area contributed by atoms with Crippen LogP contribution in [0.1, 0.15) is 24.5 Å². The maximum absolute atomic E-state index is 9.81. The van der Waals surface area contributed by atoms with Crippen molar-refractivity contribution < 1.29 is 9.84 Å². The summed E-state index contributed by atoms with van der Waals surface area (Å²) in [6, 6.07) is 3.32. The predicted molar refractivity (Wildman–Crippen MR) is 56.2 cm³/mol. The molecule has 0 aromatic heterocycles. The van der Waals surface area contributed by atoms with E-state index in [0.717, 1.165) is 6.42 Å². The molecule has 2 rings (SSSR count).